The first kappa shape index (κ1) is 16.3. The number of carbonyl (C=O) groups is 2. The first-order valence-electron chi connectivity index (χ1n) is 8.81. The maximum absolute atomic E-state index is 12.8. The molecule has 0 fully saturated rings. The monoisotopic (exact) mass is 348 g/mol. The number of hydrogen-bond acceptors (Lipinski definition) is 3. The van der Waals surface area contributed by atoms with Gasteiger partial charge in [-0.2, -0.15) is 0 Å². The van der Waals surface area contributed by atoms with Gasteiger partial charge in [-0.05, 0) is 30.5 Å². The molecule has 0 unspecified atom stereocenters. The number of hydrogen-bond donors (Lipinski definition) is 2. The molecule has 1 aromatic carbocycles. The Morgan fingerprint density at radius 3 is 3.04 bits per heavy atom. The fourth-order valence-electron chi connectivity index (χ4n) is 3.42. The Morgan fingerprint density at radius 1 is 1.23 bits per heavy atom. The van der Waals surface area contributed by atoms with E-state index >= 15 is 0 Å². The smallest absolute Gasteiger partial charge is 0.227 e. The number of para-hydroxylation sites is 1. The zero-order valence-corrected chi connectivity index (χ0v) is 14.4. The summed E-state index contributed by atoms with van der Waals surface area (Å²) in [4.78, 5) is 33.6. The number of aryl methyl sites for hydroxylation is 1. The van der Waals surface area contributed by atoms with Gasteiger partial charge in [0, 0.05) is 42.7 Å². The van der Waals surface area contributed by atoms with Gasteiger partial charge in [-0.1, -0.05) is 18.2 Å². The molecular formula is C20H20N4O2. The van der Waals surface area contributed by atoms with E-state index in [4.69, 9.17) is 0 Å². The molecule has 0 saturated heterocycles. The highest BCUT2D eigenvalue weighted by molar-refractivity contribution is 6.03. The summed E-state index contributed by atoms with van der Waals surface area (Å²) in [5, 5.41) is 4.04. The molecule has 0 aliphatic carbocycles. The number of aromatic nitrogens is 2. The van der Waals surface area contributed by atoms with Crippen LogP contribution in [0, 0.1) is 0 Å². The van der Waals surface area contributed by atoms with Crippen LogP contribution in [0.1, 0.15) is 24.8 Å². The first-order chi connectivity index (χ1) is 12.7. The molecule has 6 heteroatoms. The molecule has 0 radical (unpaired) electrons. The van der Waals surface area contributed by atoms with Gasteiger partial charge in [0.1, 0.15) is 0 Å². The van der Waals surface area contributed by atoms with Crippen molar-refractivity contribution in [1.29, 1.82) is 0 Å². The minimum absolute atomic E-state index is 0.0237. The fraction of sp³-hybridized carbons (Fsp3) is 0.250. The van der Waals surface area contributed by atoms with Crippen LogP contribution in [0.25, 0.3) is 10.9 Å². The molecule has 6 nitrogen and oxygen atoms in total. The molecule has 0 spiro atoms. The van der Waals surface area contributed by atoms with E-state index in [-0.39, 0.29) is 11.8 Å². The first-order valence-corrected chi connectivity index (χ1v) is 8.81. The van der Waals surface area contributed by atoms with Crippen molar-refractivity contribution in [2.45, 2.75) is 25.7 Å². The van der Waals surface area contributed by atoms with Crippen molar-refractivity contribution >= 4 is 34.1 Å². The Morgan fingerprint density at radius 2 is 2.12 bits per heavy atom. The number of H-pyrrole nitrogens is 1. The zero-order valence-electron chi connectivity index (χ0n) is 14.4. The summed E-state index contributed by atoms with van der Waals surface area (Å²) in [5.41, 5.74) is 3.66. The second kappa shape index (κ2) is 7.00. The third kappa shape index (κ3) is 3.18. The summed E-state index contributed by atoms with van der Waals surface area (Å²) in [7, 11) is 0. The average Bonchev–Trinajstić information content (AvgIpc) is 2.98. The van der Waals surface area contributed by atoms with E-state index < -0.39 is 0 Å². The molecular weight excluding hydrogens is 328 g/mol. The Kier molecular flexibility index (Phi) is 4.39. The van der Waals surface area contributed by atoms with Gasteiger partial charge in [0.05, 0.1) is 17.6 Å². The van der Waals surface area contributed by atoms with Crippen LogP contribution >= 0.6 is 0 Å². The molecule has 3 heterocycles. The predicted molar refractivity (Wildman–Crippen MR) is 101 cm³/mol. The number of fused-ring (bicyclic) bond motifs is 2. The van der Waals surface area contributed by atoms with Gasteiger partial charge >= 0.3 is 0 Å². The van der Waals surface area contributed by atoms with Gasteiger partial charge in [0.2, 0.25) is 11.8 Å². The van der Waals surface area contributed by atoms with Crippen molar-refractivity contribution in [3.05, 3.63) is 54.5 Å². The number of aromatic amines is 1. The molecule has 0 atom stereocenters. The van der Waals surface area contributed by atoms with Gasteiger partial charge in [-0.15, -0.1) is 0 Å². The standard InChI is InChI=1S/C20H20N4O2/c25-19-9-11-24(18-13-21-10-8-17(18)23-19)20(26)7-3-4-14-12-22-16-6-2-1-5-15(14)16/h1-2,5-6,8,10,12-13,22H,3-4,7,9,11H2,(H,23,25). The highest BCUT2D eigenvalue weighted by atomic mass is 16.2. The Bertz CT molecular complexity index is 963. The van der Waals surface area contributed by atoms with Crippen molar-refractivity contribution in [3.63, 3.8) is 0 Å². The fourth-order valence-corrected chi connectivity index (χ4v) is 3.42. The molecule has 1 aliphatic rings. The van der Waals surface area contributed by atoms with Gasteiger partial charge in [0.15, 0.2) is 0 Å². The molecule has 26 heavy (non-hydrogen) atoms. The van der Waals surface area contributed by atoms with Gasteiger partial charge in [-0.25, -0.2) is 0 Å². The number of anilines is 2. The molecule has 2 aromatic heterocycles. The second-order valence-corrected chi connectivity index (χ2v) is 6.45. The maximum atomic E-state index is 12.8. The average molecular weight is 348 g/mol. The van der Waals surface area contributed by atoms with Crippen LogP contribution in [0.3, 0.4) is 0 Å². The third-order valence-electron chi connectivity index (χ3n) is 4.74. The van der Waals surface area contributed by atoms with E-state index in [1.165, 1.54) is 10.9 Å². The molecule has 3 aromatic rings. The number of nitrogens with zero attached hydrogens (tertiary/aromatic N) is 2. The number of nitrogens with one attached hydrogen (secondary N) is 2. The minimum atomic E-state index is -0.0773. The Balaban J connectivity index is 1.44. The molecule has 4 rings (SSSR count). The molecule has 2 amide bonds. The van der Waals surface area contributed by atoms with E-state index in [2.05, 4.69) is 27.4 Å². The molecule has 2 N–H and O–H groups in total. The quantitative estimate of drug-likeness (QED) is 0.760. The van der Waals surface area contributed by atoms with Gasteiger partial charge < -0.3 is 15.2 Å². The second-order valence-electron chi connectivity index (χ2n) is 6.45. The van der Waals surface area contributed by atoms with Crippen molar-refractivity contribution < 1.29 is 9.59 Å². The normalized spacial score (nSPS) is 14.0. The highest BCUT2D eigenvalue weighted by Gasteiger charge is 2.23. The van der Waals surface area contributed by atoms with Gasteiger partial charge in [0.25, 0.3) is 0 Å². The summed E-state index contributed by atoms with van der Waals surface area (Å²) < 4.78 is 0. The predicted octanol–water partition coefficient (Wildman–Crippen LogP) is 3.26. The lowest BCUT2D eigenvalue weighted by molar-refractivity contribution is -0.118. The molecule has 132 valence electrons. The summed E-state index contributed by atoms with van der Waals surface area (Å²) in [5.74, 6) is -0.0536. The molecule has 0 bridgehead atoms. The van der Waals surface area contributed by atoms with Crippen LogP contribution in [0.2, 0.25) is 0 Å². The number of benzene rings is 1. The van der Waals surface area contributed by atoms with E-state index in [1.54, 1.807) is 23.4 Å². The third-order valence-corrected chi connectivity index (χ3v) is 4.74. The van der Waals surface area contributed by atoms with Crippen LogP contribution in [-0.2, 0) is 16.0 Å². The van der Waals surface area contributed by atoms with E-state index in [0.717, 1.165) is 18.4 Å². The minimum Gasteiger partial charge on any atom is -0.361 e. The SMILES string of the molecule is O=C1CCN(C(=O)CCCc2c[nH]c3ccccc23)c2cnccc2N1. The van der Waals surface area contributed by atoms with Crippen LogP contribution in [0.15, 0.2) is 48.9 Å². The topological polar surface area (TPSA) is 78.1 Å². The number of carbonyl (C=O) groups excluding carboxylic acids is 2. The van der Waals surface area contributed by atoms with Crippen LogP contribution < -0.4 is 10.2 Å². The summed E-state index contributed by atoms with van der Waals surface area (Å²) in [6, 6.07) is 9.90. The summed E-state index contributed by atoms with van der Waals surface area (Å²) >= 11 is 0. The number of pyridine rings is 1. The van der Waals surface area contributed by atoms with Crippen molar-refractivity contribution in [2.75, 3.05) is 16.8 Å². The van der Waals surface area contributed by atoms with E-state index in [0.29, 0.717) is 30.8 Å². The lowest BCUT2D eigenvalue weighted by atomic mass is 10.1. The number of rotatable bonds is 4. The highest BCUT2D eigenvalue weighted by Crippen LogP contribution is 2.28. The number of amides is 2. The summed E-state index contributed by atoms with van der Waals surface area (Å²) in [6.45, 7) is 0.385. The van der Waals surface area contributed by atoms with Crippen molar-refractivity contribution in [3.8, 4) is 0 Å². The maximum Gasteiger partial charge on any atom is 0.227 e. The zero-order chi connectivity index (χ0) is 17.9. The van der Waals surface area contributed by atoms with Crippen LogP contribution in [0.4, 0.5) is 11.4 Å². The van der Waals surface area contributed by atoms with Crippen LogP contribution in [0.5, 0.6) is 0 Å². The summed E-state index contributed by atoms with van der Waals surface area (Å²) in [6.07, 6.45) is 7.59. The molecule has 1 aliphatic heterocycles. The van der Waals surface area contributed by atoms with Gasteiger partial charge in [-0.3, -0.25) is 14.6 Å². The lowest BCUT2D eigenvalue weighted by Gasteiger charge is -2.21. The van der Waals surface area contributed by atoms with E-state index in [1.807, 2.05) is 18.3 Å². The van der Waals surface area contributed by atoms with Crippen molar-refractivity contribution in [2.24, 2.45) is 0 Å². The Labute approximate surface area is 151 Å². The molecule has 0 saturated carbocycles. The van der Waals surface area contributed by atoms with E-state index in [9.17, 15) is 9.59 Å². The lowest BCUT2D eigenvalue weighted by Crippen LogP contribution is -2.31. The Hall–Kier alpha value is -3.15. The largest absolute Gasteiger partial charge is 0.361 e. The van der Waals surface area contributed by atoms with Crippen molar-refractivity contribution in [1.82, 2.24) is 9.97 Å². The van der Waals surface area contributed by atoms with Crippen LogP contribution in [-0.4, -0.2) is 28.3 Å².